The van der Waals surface area contributed by atoms with Crippen molar-refractivity contribution >= 4 is 28.8 Å². The van der Waals surface area contributed by atoms with Crippen molar-refractivity contribution in [1.29, 1.82) is 0 Å². The van der Waals surface area contributed by atoms with E-state index in [1.807, 2.05) is 12.1 Å². The van der Waals surface area contributed by atoms with Crippen LogP contribution in [0.25, 0.3) is 11.3 Å². The lowest BCUT2D eigenvalue weighted by Crippen LogP contribution is -2.40. The van der Waals surface area contributed by atoms with Crippen molar-refractivity contribution < 1.29 is 9.32 Å². The maximum atomic E-state index is 12.6. The molecule has 1 atom stereocenters. The molecule has 2 aromatic heterocycles. The van der Waals surface area contributed by atoms with Crippen LogP contribution in [-0.4, -0.2) is 35.6 Å². The highest BCUT2D eigenvalue weighted by atomic mass is 35.5. The van der Waals surface area contributed by atoms with E-state index in [2.05, 4.69) is 32.9 Å². The van der Waals surface area contributed by atoms with Gasteiger partial charge in [-0.1, -0.05) is 29.2 Å². The van der Waals surface area contributed by atoms with E-state index in [-0.39, 0.29) is 17.6 Å². The molecule has 1 N–H and O–H groups in total. The van der Waals surface area contributed by atoms with Crippen molar-refractivity contribution in [3.63, 3.8) is 0 Å². The summed E-state index contributed by atoms with van der Waals surface area (Å²) in [6, 6.07) is 13.3. The molecule has 28 heavy (non-hydrogen) atoms. The first-order valence-electron chi connectivity index (χ1n) is 9.49. The van der Waals surface area contributed by atoms with Gasteiger partial charge < -0.3 is 9.84 Å². The van der Waals surface area contributed by atoms with Crippen molar-refractivity contribution in [3.8, 4) is 11.3 Å². The second kappa shape index (κ2) is 8.90. The van der Waals surface area contributed by atoms with E-state index < -0.39 is 0 Å². The highest BCUT2D eigenvalue weighted by Crippen LogP contribution is 2.28. The summed E-state index contributed by atoms with van der Waals surface area (Å²) in [7, 11) is 0. The highest BCUT2D eigenvalue weighted by molar-refractivity contribution is 7.10. The van der Waals surface area contributed by atoms with Crippen LogP contribution in [-0.2, 0) is 0 Å². The van der Waals surface area contributed by atoms with Gasteiger partial charge >= 0.3 is 0 Å². The molecule has 0 spiro atoms. The van der Waals surface area contributed by atoms with Gasteiger partial charge in [0.05, 0.1) is 6.04 Å². The third kappa shape index (κ3) is 4.46. The third-order valence-electron chi connectivity index (χ3n) is 5.03. The molecule has 1 fully saturated rings. The van der Waals surface area contributed by atoms with Crippen LogP contribution in [0.5, 0.6) is 0 Å². The Morgan fingerprint density at radius 1 is 1.21 bits per heavy atom. The van der Waals surface area contributed by atoms with Crippen LogP contribution in [0.15, 0.2) is 52.4 Å². The Morgan fingerprint density at radius 2 is 2.00 bits per heavy atom. The number of amides is 1. The lowest BCUT2D eigenvalue weighted by atomic mass is 10.1. The van der Waals surface area contributed by atoms with Crippen molar-refractivity contribution in [2.45, 2.75) is 25.3 Å². The first kappa shape index (κ1) is 19.2. The molecular weight excluding hydrogens is 394 g/mol. The molecule has 0 bridgehead atoms. The van der Waals surface area contributed by atoms with E-state index >= 15 is 0 Å². The number of carbonyl (C=O) groups is 1. The quantitative estimate of drug-likeness (QED) is 0.614. The Labute approximate surface area is 173 Å². The molecule has 1 aromatic carbocycles. The van der Waals surface area contributed by atoms with Crippen LogP contribution in [0, 0.1) is 0 Å². The largest absolute Gasteiger partial charge is 0.355 e. The SMILES string of the molecule is O=C(NC[C@H](c1cccs1)N1CCCCC1)c1cc(-c2ccc(Cl)cc2)on1. The highest BCUT2D eigenvalue weighted by Gasteiger charge is 2.24. The minimum Gasteiger partial charge on any atom is -0.355 e. The van der Waals surface area contributed by atoms with Gasteiger partial charge in [0.25, 0.3) is 5.91 Å². The number of carbonyl (C=O) groups excluding carboxylic acids is 1. The lowest BCUT2D eigenvalue weighted by Gasteiger charge is -2.34. The Balaban J connectivity index is 1.43. The topological polar surface area (TPSA) is 58.4 Å². The van der Waals surface area contributed by atoms with Crippen molar-refractivity contribution in [2.24, 2.45) is 0 Å². The predicted molar refractivity (Wildman–Crippen MR) is 112 cm³/mol. The maximum absolute atomic E-state index is 12.6. The molecule has 1 saturated heterocycles. The molecule has 0 aliphatic carbocycles. The van der Waals surface area contributed by atoms with E-state index in [0.717, 1.165) is 18.7 Å². The average Bonchev–Trinajstić information content (AvgIpc) is 3.42. The first-order chi connectivity index (χ1) is 13.7. The smallest absolute Gasteiger partial charge is 0.273 e. The molecule has 7 heteroatoms. The fraction of sp³-hybridized carbons (Fsp3) is 0.333. The standard InChI is InChI=1S/C21H22ClN3O2S/c22-16-8-6-15(7-9-16)19-13-17(24-27-19)21(26)23-14-18(20-5-4-12-28-20)25-10-2-1-3-11-25/h4-9,12-13,18H,1-3,10-11,14H2,(H,23,26)/t18-/m1/s1. The van der Waals surface area contributed by atoms with Gasteiger partial charge in [0.1, 0.15) is 0 Å². The molecule has 0 radical (unpaired) electrons. The number of piperidine rings is 1. The summed E-state index contributed by atoms with van der Waals surface area (Å²) in [6.45, 7) is 2.70. The molecule has 146 valence electrons. The van der Waals surface area contributed by atoms with Crippen molar-refractivity contribution in [1.82, 2.24) is 15.4 Å². The first-order valence-corrected chi connectivity index (χ1v) is 10.7. The van der Waals surface area contributed by atoms with Gasteiger partial charge in [0, 0.05) is 28.1 Å². The average molecular weight is 416 g/mol. The van der Waals surface area contributed by atoms with Crippen LogP contribution in [0.3, 0.4) is 0 Å². The summed E-state index contributed by atoms with van der Waals surface area (Å²) >= 11 is 7.66. The van der Waals surface area contributed by atoms with Gasteiger partial charge in [0.2, 0.25) is 0 Å². The van der Waals surface area contributed by atoms with E-state index in [1.54, 1.807) is 29.5 Å². The van der Waals surface area contributed by atoms with Gasteiger partial charge in [-0.25, -0.2) is 0 Å². The normalized spacial score (nSPS) is 16.0. The minimum atomic E-state index is -0.220. The van der Waals surface area contributed by atoms with Gasteiger partial charge in [-0.05, 0) is 61.6 Å². The van der Waals surface area contributed by atoms with E-state index in [9.17, 15) is 4.79 Å². The summed E-state index contributed by atoms with van der Waals surface area (Å²) in [5, 5.41) is 9.72. The van der Waals surface area contributed by atoms with Crippen LogP contribution >= 0.6 is 22.9 Å². The minimum absolute atomic E-state index is 0.201. The van der Waals surface area contributed by atoms with Crippen LogP contribution in [0.1, 0.15) is 40.7 Å². The van der Waals surface area contributed by atoms with Gasteiger partial charge in [-0.3, -0.25) is 9.69 Å². The van der Waals surface area contributed by atoms with E-state index in [4.69, 9.17) is 16.1 Å². The Hall–Kier alpha value is -2.15. The molecular formula is C21H22ClN3O2S. The Bertz CT molecular complexity index is 902. The Morgan fingerprint density at radius 3 is 2.71 bits per heavy atom. The number of hydrogen-bond acceptors (Lipinski definition) is 5. The predicted octanol–water partition coefficient (Wildman–Crippen LogP) is 5.01. The summed E-state index contributed by atoms with van der Waals surface area (Å²) in [5.74, 6) is 0.329. The summed E-state index contributed by atoms with van der Waals surface area (Å²) in [5.41, 5.74) is 1.12. The molecule has 0 unspecified atom stereocenters. The maximum Gasteiger partial charge on any atom is 0.273 e. The third-order valence-corrected chi connectivity index (χ3v) is 6.26. The monoisotopic (exact) mass is 415 g/mol. The van der Waals surface area contributed by atoms with E-state index in [1.165, 1.54) is 24.1 Å². The lowest BCUT2D eigenvalue weighted by molar-refractivity contribution is 0.0917. The zero-order valence-corrected chi connectivity index (χ0v) is 17.0. The number of thiophene rings is 1. The van der Waals surface area contributed by atoms with Crippen LogP contribution < -0.4 is 5.32 Å². The van der Waals surface area contributed by atoms with Gasteiger partial charge in [0.15, 0.2) is 11.5 Å². The molecule has 1 aliphatic rings. The number of halogens is 1. The number of likely N-dealkylation sites (tertiary alicyclic amines) is 1. The summed E-state index contributed by atoms with van der Waals surface area (Å²) in [4.78, 5) is 16.4. The Kier molecular flexibility index (Phi) is 6.10. The van der Waals surface area contributed by atoms with Crippen molar-refractivity contribution in [2.75, 3.05) is 19.6 Å². The molecule has 4 rings (SSSR count). The number of benzene rings is 1. The fourth-order valence-electron chi connectivity index (χ4n) is 3.53. The van der Waals surface area contributed by atoms with Crippen LogP contribution in [0.4, 0.5) is 0 Å². The molecule has 3 aromatic rings. The fourth-order valence-corrected chi connectivity index (χ4v) is 4.52. The zero-order valence-electron chi connectivity index (χ0n) is 15.4. The summed E-state index contributed by atoms with van der Waals surface area (Å²) in [6.07, 6.45) is 3.71. The second-order valence-electron chi connectivity index (χ2n) is 6.92. The number of hydrogen-bond donors (Lipinski definition) is 1. The molecule has 0 saturated carbocycles. The summed E-state index contributed by atoms with van der Waals surface area (Å²) < 4.78 is 5.34. The van der Waals surface area contributed by atoms with Gasteiger partial charge in [-0.15, -0.1) is 11.3 Å². The number of aromatic nitrogens is 1. The number of nitrogens with zero attached hydrogens (tertiary/aromatic N) is 2. The molecule has 5 nitrogen and oxygen atoms in total. The zero-order chi connectivity index (χ0) is 19.3. The second-order valence-corrected chi connectivity index (χ2v) is 8.34. The van der Waals surface area contributed by atoms with Gasteiger partial charge in [-0.2, -0.15) is 0 Å². The molecule has 1 aliphatic heterocycles. The van der Waals surface area contributed by atoms with Crippen molar-refractivity contribution in [3.05, 3.63) is 63.4 Å². The van der Waals surface area contributed by atoms with Crippen LogP contribution in [0.2, 0.25) is 5.02 Å². The molecule has 3 heterocycles. The number of nitrogens with one attached hydrogen (secondary N) is 1. The molecule has 1 amide bonds. The van der Waals surface area contributed by atoms with E-state index in [0.29, 0.717) is 17.3 Å². The number of rotatable bonds is 6.